The van der Waals surface area contributed by atoms with Gasteiger partial charge >= 0.3 is 0 Å². The van der Waals surface area contributed by atoms with Crippen molar-refractivity contribution in [1.82, 2.24) is 20.2 Å². The monoisotopic (exact) mass is 427 g/mol. The van der Waals surface area contributed by atoms with Gasteiger partial charge in [-0.15, -0.1) is 0 Å². The van der Waals surface area contributed by atoms with E-state index in [-0.39, 0.29) is 5.91 Å². The van der Waals surface area contributed by atoms with Crippen molar-refractivity contribution in [2.45, 2.75) is 44.3 Å². The van der Waals surface area contributed by atoms with Gasteiger partial charge in [-0.2, -0.15) is 0 Å². The van der Waals surface area contributed by atoms with Crippen molar-refractivity contribution in [3.05, 3.63) is 40.5 Å². The Bertz CT molecular complexity index is 941. The van der Waals surface area contributed by atoms with Gasteiger partial charge < -0.3 is 20.3 Å². The zero-order valence-corrected chi connectivity index (χ0v) is 17.6. The highest BCUT2D eigenvalue weighted by molar-refractivity contribution is 6.33. The minimum absolute atomic E-state index is 0.0892. The van der Waals surface area contributed by atoms with Crippen LogP contribution in [0.3, 0.4) is 0 Å². The Morgan fingerprint density at radius 1 is 1.27 bits per heavy atom. The Morgan fingerprint density at radius 2 is 2.13 bits per heavy atom. The Balaban J connectivity index is 1.36. The Labute approximate surface area is 181 Å². The molecule has 2 N–H and O–H groups in total. The summed E-state index contributed by atoms with van der Waals surface area (Å²) in [5, 5.41) is 7.33. The first-order chi connectivity index (χ1) is 14.7. The fourth-order valence-electron chi connectivity index (χ4n) is 4.50. The number of hydrogen-bond acceptors (Lipinski definition) is 6. The van der Waals surface area contributed by atoms with E-state index < -0.39 is 0 Å². The molecular formula is C22H26ClN5O2. The Morgan fingerprint density at radius 3 is 2.93 bits per heavy atom. The van der Waals surface area contributed by atoms with E-state index in [0.717, 1.165) is 62.3 Å². The lowest BCUT2D eigenvalue weighted by atomic mass is 10.0. The van der Waals surface area contributed by atoms with E-state index in [1.54, 1.807) is 6.20 Å². The van der Waals surface area contributed by atoms with E-state index >= 15 is 0 Å². The van der Waals surface area contributed by atoms with Crippen LogP contribution in [0.15, 0.2) is 24.4 Å². The van der Waals surface area contributed by atoms with Crippen LogP contribution in [0.5, 0.6) is 0 Å². The highest BCUT2D eigenvalue weighted by atomic mass is 35.5. The summed E-state index contributed by atoms with van der Waals surface area (Å²) >= 11 is 6.43. The van der Waals surface area contributed by atoms with E-state index in [9.17, 15) is 4.79 Å². The molecule has 0 bridgehead atoms. The lowest BCUT2D eigenvalue weighted by Gasteiger charge is -2.23. The molecule has 1 aromatic heterocycles. The first-order valence-electron chi connectivity index (χ1n) is 10.7. The SMILES string of the molecule is O=C1c2cc(-c3nc(NC4CCOCC4)ncc3Cl)ccc2CN1CC1CCCN1. The maximum Gasteiger partial charge on any atom is 0.254 e. The third-order valence-electron chi connectivity index (χ3n) is 6.16. The molecule has 0 spiro atoms. The number of carbonyl (C=O) groups is 1. The summed E-state index contributed by atoms with van der Waals surface area (Å²) in [4.78, 5) is 23.9. The standard InChI is InChI=1S/C22H26ClN5O2/c23-19-11-25-22(26-16-5-8-30-9-6-16)27-20(19)14-3-4-15-12-28(21(29)18(15)10-14)13-17-2-1-7-24-17/h3-4,10-11,16-17,24H,1-2,5-9,12-13H2,(H,25,26,27). The molecule has 1 amide bonds. The van der Waals surface area contributed by atoms with Crippen molar-refractivity contribution in [1.29, 1.82) is 0 Å². The predicted octanol–water partition coefficient (Wildman–Crippen LogP) is 3.10. The summed E-state index contributed by atoms with van der Waals surface area (Å²) in [6.07, 6.45) is 5.80. The first-order valence-corrected chi connectivity index (χ1v) is 11.1. The summed E-state index contributed by atoms with van der Waals surface area (Å²) in [6, 6.07) is 6.64. The molecule has 30 heavy (non-hydrogen) atoms. The largest absolute Gasteiger partial charge is 0.381 e. The van der Waals surface area contributed by atoms with E-state index in [1.807, 2.05) is 23.1 Å². The highest BCUT2D eigenvalue weighted by Crippen LogP contribution is 2.32. The van der Waals surface area contributed by atoms with Crippen LogP contribution >= 0.6 is 11.6 Å². The maximum atomic E-state index is 13.0. The summed E-state index contributed by atoms with van der Waals surface area (Å²) in [5.41, 5.74) is 3.30. The first kappa shape index (κ1) is 19.7. The Hall–Kier alpha value is -2.22. The van der Waals surface area contributed by atoms with Crippen molar-refractivity contribution in [3.63, 3.8) is 0 Å². The highest BCUT2D eigenvalue weighted by Gasteiger charge is 2.30. The quantitative estimate of drug-likeness (QED) is 0.763. The molecule has 0 radical (unpaired) electrons. The fourth-order valence-corrected chi connectivity index (χ4v) is 4.70. The lowest BCUT2D eigenvalue weighted by Crippen LogP contribution is -2.37. The molecule has 8 heteroatoms. The number of benzene rings is 1. The van der Waals surface area contributed by atoms with Crippen LogP contribution in [-0.4, -0.2) is 59.2 Å². The van der Waals surface area contributed by atoms with E-state index in [1.165, 1.54) is 6.42 Å². The molecule has 7 nitrogen and oxygen atoms in total. The van der Waals surface area contributed by atoms with Gasteiger partial charge in [-0.3, -0.25) is 4.79 Å². The molecule has 3 aliphatic heterocycles. The van der Waals surface area contributed by atoms with Gasteiger partial charge in [-0.25, -0.2) is 9.97 Å². The van der Waals surface area contributed by atoms with Crippen LogP contribution in [0, 0.1) is 0 Å². The molecule has 158 valence electrons. The van der Waals surface area contributed by atoms with Crippen molar-refractivity contribution in [2.75, 3.05) is 31.6 Å². The zero-order valence-electron chi connectivity index (χ0n) is 16.9. The number of amides is 1. The molecule has 4 heterocycles. The lowest BCUT2D eigenvalue weighted by molar-refractivity contribution is 0.0765. The summed E-state index contributed by atoms with van der Waals surface area (Å²) in [6.45, 7) is 3.97. The van der Waals surface area contributed by atoms with Crippen molar-refractivity contribution in [2.24, 2.45) is 0 Å². The topological polar surface area (TPSA) is 79.4 Å². The van der Waals surface area contributed by atoms with Crippen LogP contribution in [-0.2, 0) is 11.3 Å². The minimum Gasteiger partial charge on any atom is -0.381 e. The van der Waals surface area contributed by atoms with Crippen LogP contribution in [0.25, 0.3) is 11.3 Å². The second kappa shape index (κ2) is 8.49. The summed E-state index contributed by atoms with van der Waals surface area (Å²) < 4.78 is 5.41. The van der Waals surface area contributed by atoms with Crippen molar-refractivity contribution < 1.29 is 9.53 Å². The molecule has 0 saturated carbocycles. The van der Waals surface area contributed by atoms with Gasteiger partial charge in [0, 0.05) is 49.5 Å². The summed E-state index contributed by atoms with van der Waals surface area (Å²) in [5.74, 6) is 0.647. The zero-order chi connectivity index (χ0) is 20.5. The number of anilines is 1. The second-order valence-electron chi connectivity index (χ2n) is 8.27. The van der Waals surface area contributed by atoms with Gasteiger partial charge in [0.25, 0.3) is 5.91 Å². The molecule has 1 unspecified atom stereocenters. The van der Waals surface area contributed by atoms with Gasteiger partial charge in [-0.1, -0.05) is 23.7 Å². The maximum absolute atomic E-state index is 13.0. The predicted molar refractivity (Wildman–Crippen MR) is 116 cm³/mol. The molecule has 0 aliphatic carbocycles. The molecule has 5 rings (SSSR count). The molecule has 2 fully saturated rings. The average Bonchev–Trinajstić information content (AvgIpc) is 3.39. The van der Waals surface area contributed by atoms with Gasteiger partial charge in [0.1, 0.15) is 0 Å². The van der Waals surface area contributed by atoms with Crippen LogP contribution < -0.4 is 10.6 Å². The van der Waals surface area contributed by atoms with E-state index in [4.69, 9.17) is 16.3 Å². The van der Waals surface area contributed by atoms with Crippen LogP contribution in [0.1, 0.15) is 41.6 Å². The van der Waals surface area contributed by atoms with Gasteiger partial charge in [-0.05, 0) is 43.9 Å². The van der Waals surface area contributed by atoms with Crippen molar-refractivity contribution >= 4 is 23.5 Å². The number of carbonyl (C=O) groups excluding carboxylic acids is 1. The van der Waals surface area contributed by atoms with Gasteiger partial charge in [0.2, 0.25) is 5.95 Å². The third kappa shape index (κ3) is 4.02. The molecule has 2 aromatic rings. The average molecular weight is 428 g/mol. The van der Waals surface area contributed by atoms with Crippen molar-refractivity contribution in [3.8, 4) is 11.3 Å². The van der Waals surface area contributed by atoms with E-state index in [2.05, 4.69) is 20.6 Å². The normalized spacial score (nSPS) is 21.8. The van der Waals surface area contributed by atoms with Crippen LogP contribution in [0.4, 0.5) is 5.95 Å². The third-order valence-corrected chi connectivity index (χ3v) is 6.44. The number of nitrogens with one attached hydrogen (secondary N) is 2. The number of aromatic nitrogens is 2. The second-order valence-corrected chi connectivity index (χ2v) is 8.68. The number of hydrogen-bond donors (Lipinski definition) is 2. The number of ether oxygens (including phenoxy) is 1. The number of fused-ring (bicyclic) bond motifs is 1. The fraction of sp³-hybridized carbons (Fsp3) is 0.500. The molecule has 3 aliphatic rings. The number of nitrogens with zero attached hydrogens (tertiary/aromatic N) is 3. The van der Waals surface area contributed by atoms with Gasteiger partial charge in [0.05, 0.1) is 16.9 Å². The number of halogens is 1. The summed E-state index contributed by atoms with van der Waals surface area (Å²) in [7, 11) is 0. The Kier molecular flexibility index (Phi) is 5.58. The molecule has 2 saturated heterocycles. The minimum atomic E-state index is 0.0892. The van der Waals surface area contributed by atoms with E-state index in [0.29, 0.717) is 35.3 Å². The smallest absolute Gasteiger partial charge is 0.254 e. The van der Waals surface area contributed by atoms with Gasteiger partial charge in [0.15, 0.2) is 0 Å². The molecule has 1 aromatic carbocycles. The number of rotatable bonds is 5. The van der Waals surface area contributed by atoms with Crippen LogP contribution in [0.2, 0.25) is 5.02 Å². The molecular weight excluding hydrogens is 402 g/mol. The molecule has 1 atom stereocenters.